The second-order valence-electron chi connectivity index (χ2n) is 8.23. The number of aryl methyl sites for hydroxylation is 1. The van der Waals surface area contributed by atoms with Crippen molar-refractivity contribution in [3.8, 4) is 22.4 Å². The van der Waals surface area contributed by atoms with Gasteiger partial charge in [0.05, 0.1) is 5.69 Å². The van der Waals surface area contributed by atoms with Crippen molar-refractivity contribution >= 4 is 39.1 Å². The maximum Gasteiger partial charge on any atom is 0.137 e. The van der Waals surface area contributed by atoms with Crippen LogP contribution in [0.5, 0.6) is 0 Å². The molecule has 1 atom stereocenters. The molecular formula is C28H21ClN2S. The Labute approximate surface area is 196 Å². The number of thiophene rings is 1. The number of hydrogen-bond acceptors (Lipinski definition) is 3. The topological polar surface area (TPSA) is 25.8 Å². The van der Waals surface area contributed by atoms with Crippen LogP contribution in [0, 0.1) is 0 Å². The van der Waals surface area contributed by atoms with E-state index in [1.165, 1.54) is 31.7 Å². The third kappa shape index (κ3) is 3.52. The van der Waals surface area contributed by atoms with E-state index in [1.807, 2.05) is 23.5 Å². The minimum Gasteiger partial charge on any atom is -0.232 e. The number of hydrogen-bond donors (Lipinski definition) is 0. The zero-order valence-electron chi connectivity index (χ0n) is 17.5. The lowest BCUT2D eigenvalue weighted by atomic mass is 9.98. The lowest BCUT2D eigenvalue weighted by molar-refractivity contribution is 0.773. The van der Waals surface area contributed by atoms with E-state index in [1.54, 1.807) is 0 Å². The maximum atomic E-state index is 6.36. The molecule has 2 nitrogen and oxygen atoms in total. The molecule has 2 aromatic heterocycles. The monoisotopic (exact) mass is 452 g/mol. The first kappa shape index (κ1) is 19.7. The highest BCUT2D eigenvalue weighted by Crippen LogP contribution is 2.41. The molecule has 0 spiro atoms. The van der Waals surface area contributed by atoms with Gasteiger partial charge in [-0.2, -0.15) is 0 Å². The number of rotatable bonds is 3. The SMILES string of the molecule is Clc1cc(-c2ccc(-c3cccc4c5c(sc34)CCC=C5)cc2)nc(C2C=CC=CC2)n1. The van der Waals surface area contributed by atoms with Gasteiger partial charge in [0.15, 0.2) is 0 Å². The highest BCUT2D eigenvalue weighted by atomic mass is 35.5. The van der Waals surface area contributed by atoms with Crippen molar-refractivity contribution in [1.82, 2.24) is 9.97 Å². The van der Waals surface area contributed by atoms with Crippen molar-refractivity contribution in [3.05, 3.63) is 100 Å². The molecule has 0 bridgehead atoms. The molecular weight excluding hydrogens is 432 g/mol. The summed E-state index contributed by atoms with van der Waals surface area (Å²) in [6.45, 7) is 0. The van der Waals surface area contributed by atoms with Crippen molar-refractivity contribution in [1.29, 1.82) is 0 Å². The van der Waals surface area contributed by atoms with Crippen LogP contribution < -0.4 is 0 Å². The third-order valence-electron chi connectivity index (χ3n) is 6.17. The zero-order valence-corrected chi connectivity index (χ0v) is 19.0. The Morgan fingerprint density at radius 1 is 0.938 bits per heavy atom. The Balaban J connectivity index is 1.37. The largest absolute Gasteiger partial charge is 0.232 e. The molecule has 2 aliphatic carbocycles. The van der Waals surface area contributed by atoms with Crippen LogP contribution in [0.15, 0.2) is 78.9 Å². The van der Waals surface area contributed by atoms with Gasteiger partial charge in [-0.1, -0.05) is 90.5 Å². The van der Waals surface area contributed by atoms with Gasteiger partial charge in [0.1, 0.15) is 11.0 Å². The second kappa shape index (κ2) is 8.16. The Bertz CT molecular complexity index is 1410. The molecule has 2 aromatic carbocycles. The summed E-state index contributed by atoms with van der Waals surface area (Å²) >= 11 is 8.30. The normalized spacial score (nSPS) is 17.1. The fraction of sp³-hybridized carbons (Fsp3) is 0.143. The summed E-state index contributed by atoms with van der Waals surface area (Å²) in [5, 5.41) is 1.85. The van der Waals surface area contributed by atoms with E-state index in [0.717, 1.165) is 36.3 Å². The number of nitrogens with zero attached hydrogens (tertiary/aromatic N) is 2. The smallest absolute Gasteiger partial charge is 0.137 e. The van der Waals surface area contributed by atoms with E-state index in [4.69, 9.17) is 16.6 Å². The number of benzene rings is 2. The molecule has 0 saturated heterocycles. The summed E-state index contributed by atoms with van der Waals surface area (Å²) in [5.41, 5.74) is 5.84. The van der Waals surface area contributed by atoms with Gasteiger partial charge in [-0.25, -0.2) is 9.97 Å². The number of halogens is 1. The molecule has 6 rings (SSSR count). The first-order chi connectivity index (χ1) is 15.8. The molecule has 0 amide bonds. The average Bonchev–Trinajstić information content (AvgIpc) is 3.23. The summed E-state index contributed by atoms with van der Waals surface area (Å²) in [4.78, 5) is 10.8. The summed E-state index contributed by atoms with van der Waals surface area (Å²) < 4.78 is 1.38. The van der Waals surface area contributed by atoms with Gasteiger partial charge in [-0.3, -0.25) is 0 Å². The number of allylic oxidation sites excluding steroid dienone is 5. The van der Waals surface area contributed by atoms with Crippen molar-refractivity contribution in [2.24, 2.45) is 0 Å². The Morgan fingerprint density at radius 2 is 1.81 bits per heavy atom. The standard InChI is InChI=1S/C28H21ClN2S/c29-26-17-24(30-28(31-26)20-7-2-1-3-8-20)19-15-13-18(14-16-19)21-10-6-11-23-22-9-4-5-12-25(22)32-27(21)23/h1-4,6-7,9-11,13-17,20H,5,8,12H2. The zero-order chi connectivity index (χ0) is 21.5. The first-order valence-corrected chi connectivity index (χ1v) is 12.2. The van der Waals surface area contributed by atoms with Crippen molar-refractivity contribution < 1.29 is 0 Å². The minimum absolute atomic E-state index is 0.174. The highest BCUT2D eigenvalue weighted by molar-refractivity contribution is 7.20. The number of aromatic nitrogens is 2. The van der Waals surface area contributed by atoms with Crippen molar-refractivity contribution in [2.75, 3.05) is 0 Å². The Kier molecular flexibility index (Phi) is 5.01. The molecule has 0 N–H and O–H groups in total. The van der Waals surface area contributed by atoms with E-state index in [0.29, 0.717) is 5.15 Å². The molecule has 0 radical (unpaired) electrons. The van der Waals surface area contributed by atoms with Crippen LogP contribution in [0.2, 0.25) is 5.15 Å². The molecule has 4 heteroatoms. The third-order valence-corrected chi connectivity index (χ3v) is 7.68. The van der Waals surface area contributed by atoms with Crippen LogP contribution in [-0.4, -0.2) is 9.97 Å². The minimum atomic E-state index is 0.174. The van der Waals surface area contributed by atoms with Crippen LogP contribution in [0.1, 0.15) is 35.0 Å². The van der Waals surface area contributed by atoms with Crippen LogP contribution >= 0.6 is 22.9 Å². The van der Waals surface area contributed by atoms with E-state index >= 15 is 0 Å². The van der Waals surface area contributed by atoms with Crippen molar-refractivity contribution in [2.45, 2.75) is 25.2 Å². The molecule has 1 unspecified atom stereocenters. The molecule has 156 valence electrons. The van der Waals surface area contributed by atoms with Crippen LogP contribution in [0.25, 0.3) is 38.5 Å². The summed E-state index contributed by atoms with van der Waals surface area (Å²) in [6.07, 6.45) is 16.1. The Morgan fingerprint density at radius 3 is 2.66 bits per heavy atom. The summed E-state index contributed by atoms with van der Waals surface area (Å²) in [7, 11) is 0. The van der Waals surface area contributed by atoms with Gasteiger partial charge < -0.3 is 0 Å². The van der Waals surface area contributed by atoms with Gasteiger partial charge in [0.25, 0.3) is 0 Å². The molecule has 4 aromatic rings. The first-order valence-electron chi connectivity index (χ1n) is 11.0. The molecule has 0 saturated carbocycles. The molecule has 2 aliphatic rings. The van der Waals surface area contributed by atoms with Gasteiger partial charge in [0.2, 0.25) is 0 Å². The van der Waals surface area contributed by atoms with E-state index in [2.05, 4.69) is 77.8 Å². The summed E-state index contributed by atoms with van der Waals surface area (Å²) in [6, 6.07) is 17.2. The van der Waals surface area contributed by atoms with E-state index in [9.17, 15) is 0 Å². The van der Waals surface area contributed by atoms with Gasteiger partial charge in [0, 0.05) is 32.5 Å². The second-order valence-corrected chi connectivity index (χ2v) is 9.72. The fourth-order valence-electron chi connectivity index (χ4n) is 4.54. The highest BCUT2D eigenvalue weighted by Gasteiger charge is 2.17. The average molecular weight is 453 g/mol. The predicted molar refractivity (Wildman–Crippen MR) is 136 cm³/mol. The quantitative estimate of drug-likeness (QED) is 0.292. The van der Waals surface area contributed by atoms with Gasteiger partial charge in [-0.05, 0) is 36.0 Å². The molecule has 0 aliphatic heterocycles. The fourth-order valence-corrected chi connectivity index (χ4v) is 6.07. The molecule has 32 heavy (non-hydrogen) atoms. The number of fused-ring (bicyclic) bond motifs is 3. The van der Waals surface area contributed by atoms with E-state index < -0.39 is 0 Å². The molecule has 2 heterocycles. The molecule has 0 fully saturated rings. The van der Waals surface area contributed by atoms with Gasteiger partial charge in [-0.15, -0.1) is 11.3 Å². The predicted octanol–water partition coefficient (Wildman–Crippen LogP) is 8.24. The van der Waals surface area contributed by atoms with Gasteiger partial charge >= 0.3 is 0 Å². The maximum absolute atomic E-state index is 6.36. The lowest BCUT2D eigenvalue weighted by Gasteiger charge is -2.13. The van der Waals surface area contributed by atoms with Crippen LogP contribution in [0.3, 0.4) is 0 Å². The van der Waals surface area contributed by atoms with E-state index in [-0.39, 0.29) is 5.92 Å². The van der Waals surface area contributed by atoms with Crippen molar-refractivity contribution in [3.63, 3.8) is 0 Å². The Hall–Kier alpha value is -3.01. The lowest BCUT2D eigenvalue weighted by Crippen LogP contribution is -2.04. The van der Waals surface area contributed by atoms with Crippen LogP contribution in [-0.2, 0) is 6.42 Å². The van der Waals surface area contributed by atoms with Crippen LogP contribution in [0.4, 0.5) is 0 Å². The summed E-state index contributed by atoms with van der Waals surface area (Å²) in [5.74, 6) is 0.951.